The van der Waals surface area contributed by atoms with Crippen molar-refractivity contribution in [1.82, 2.24) is 10.6 Å². The first-order chi connectivity index (χ1) is 12.2. The second-order valence-corrected chi connectivity index (χ2v) is 5.26. The summed E-state index contributed by atoms with van der Waals surface area (Å²) < 4.78 is 10.7. The SMILES string of the molecule is CN=C(NCCCOCc1ccco1)NCc1ccc([N+](=O)[O-])cc1.I. The van der Waals surface area contributed by atoms with Crippen molar-refractivity contribution < 1.29 is 14.1 Å². The number of hydrogen-bond acceptors (Lipinski definition) is 5. The standard InChI is InChI=1S/C17H22N4O4.HI/c1-18-17(19-9-3-10-24-13-16-4-2-11-25-16)20-12-14-5-7-15(8-6-14)21(22)23;/h2,4-8,11H,3,9-10,12-13H2,1H3,(H2,18,19,20);1H. The lowest BCUT2D eigenvalue weighted by molar-refractivity contribution is -0.384. The number of non-ortho nitro benzene ring substituents is 1. The number of halogens is 1. The topological polar surface area (TPSA) is 102 Å². The Morgan fingerprint density at radius 1 is 1.27 bits per heavy atom. The Morgan fingerprint density at radius 3 is 2.65 bits per heavy atom. The maximum atomic E-state index is 10.6. The molecular formula is C17H23IN4O4. The molecule has 0 amide bonds. The summed E-state index contributed by atoms with van der Waals surface area (Å²) in [5, 5.41) is 17.0. The van der Waals surface area contributed by atoms with Crippen LogP contribution >= 0.6 is 24.0 Å². The Balaban J connectivity index is 0.00000338. The summed E-state index contributed by atoms with van der Waals surface area (Å²) in [6, 6.07) is 10.1. The summed E-state index contributed by atoms with van der Waals surface area (Å²) in [6.45, 7) is 2.35. The van der Waals surface area contributed by atoms with Crippen molar-refractivity contribution in [3.63, 3.8) is 0 Å². The third kappa shape index (κ3) is 7.83. The normalized spacial score (nSPS) is 10.9. The molecule has 0 aliphatic heterocycles. The van der Waals surface area contributed by atoms with E-state index in [9.17, 15) is 10.1 Å². The molecule has 1 heterocycles. The first-order valence-corrected chi connectivity index (χ1v) is 7.97. The number of nitrogens with zero attached hydrogens (tertiary/aromatic N) is 2. The predicted molar refractivity (Wildman–Crippen MR) is 110 cm³/mol. The molecule has 1 aromatic heterocycles. The van der Waals surface area contributed by atoms with Crippen LogP contribution in [0.2, 0.25) is 0 Å². The van der Waals surface area contributed by atoms with Gasteiger partial charge in [-0.2, -0.15) is 0 Å². The van der Waals surface area contributed by atoms with E-state index in [2.05, 4.69) is 15.6 Å². The minimum atomic E-state index is -0.411. The van der Waals surface area contributed by atoms with E-state index in [0.717, 1.165) is 24.3 Å². The highest BCUT2D eigenvalue weighted by molar-refractivity contribution is 14.0. The fourth-order valence-corrected chi connectivity index (χ4v) is 2.09. The predicted octanol–water partition coefficient (Wildman–Crippen LogP) is 3.08. The van der Waals surface area contributed by atoms with Crippen molar-refractivity contribution in [2.75, 3.05) is 20.2 Å². The van der Waals surface area contributed by atoms with Gasteiger partial charge in [0, 0.05) is 38.9 Å². The van der Waals surface area contributed by atoms with Gasteiger partial charge < -0.3 is 19.8 Å². The van der Waals surface area contributed by atoms with Crippen molar-refractivity contribution in [2.45, 2.75) is 19.6 Å². The number of nitro groups is 1. The van der Waals surface area contributed by atoms with Crippen molar-refractivity contribution >= 4 is 35.6 Å². The maximum absolute atomic E-state index is 10.6. The Bertz CT molecular complexity index is 675. The van der Waals surface area contributed by atoms with Crippen LogP contribution < -0.4 is 10.6 Å². The molecule has 0 fully saturated rings. The molecule has 9 heteroatoms. The zero-order chi connectivity index (χ0) is 17.9. The number of nitrogens with one attached hydrogen (secondary N) is 2. The van der Waals surface area contributed by atoms with Gasteiger partial charge in [-0.15, -0.1) is 24.0 Å². The van der Waals surface area contributed by atoms with Crippen LogP contribution in [0.15, 0.2) is 52.1 Å². The van der Waals surface area contributed by atoms with Gasteiger partial charge in [0.05, 0.1) is 11.2 Å². The van der Waals surface area contributed by atoms with Crippen LogP contribution in [0.4, 0.5) is 5.69 Å². The van der Waals surface area contributed by atoms with Gasteiger partial charge in [-0.25, -0.2) is 0 Å². The van der Waals surface area contributed by atoms with Crippen molar-refractivity contribution in [3.8, 4) is 0 Å². The van der Waals surface area contributed by atoms with Gasteiger partial charge in [0.15, 0.2) is 5.96 Å². The highest BCUT2D eigenvalue weighted by Gasteiger charge is 2.04. The lowest BCUT2D eigenvalue weighted by Gasteiger charge is -2.12. The molecule has 0 saturated carbocycles. The fourth-order valence-electron chi connectivity index (χ4n) is 2.09. The third-order valence-electron chi connectivity index (χ3n) is 3.41. The van der Waals surface area contributed by atoms with E-state index < -0.39 is 4.92 Å². The molecule has 8 nitrogen and oxygen atoms in total. The fraction of sp³-hybridized carbons (Fsp3) is 0.353. The van der Waals surface area contributed by atoms with Crippen LogP contribution in [0.1, 0.15) is 17.7 Å². The van der Waals surface area contributed by atoms with E-state index in [1.165, 1.54) is 12.1 Å². The lowest BCUT2D eigenvalue weighted by Crippen LogP contribution is -2.37. The number of furan rings is 1. The van der Waals surface area contributed by atoms with Crippen LogP contribution in [0, 0.1) is 10.1 Å². The number of rotatable bonds is 9. The molecule has 0 aliphatic rings. The average molecular weight is 474 g/mol. The molecule has 142 valence electrons. The molecule has 0 bridgehead atoms. The summed E-state index contributed by atoms with van der Waals surface area (Å²) in [6.07, 6.45) is 2.46. The van der Waals surface area contributed by atoms with Crippen molar-refractivity contribution in [1.29, 1.82) is 0 Å². The monoisotopic (exact) mass is 474 g/mol. The smallest absolute Gasteiger partial charge is 0.269 e. The zero-order valence-electron chi connectivity index (χ0n) is 14.5. The van der Waals surface area contributed by atoms with Gasteiger partial charge in [0.2, 0.25) is 0 Å². The Labute approximate surface area is 169 Å². The quantitative estimate of drug-likeness (QED) is 0.145. The molecular weight excluding hydrogens is 451 g/mol. The Kier molecular flexibility index (Phi) is 10.3. The third-order valence-corrected chi connectivity index (χ3v) is 3.41. The van der Waals surface area contributed by atoms with Crippen LogP contribution in [-0.4, -0.2) is 31.1 Å². The molecule has 0 atom stereocenters. The van der Waals surface area contributed by atoms with Crippen LogP contribution in [-0.2, 0) is 17.9 Å². The number of hydrogen-bond donors (Lipinski definition) is 2. The molecule has 0 saturated heterocycles. The number of nitro benzene ring substituents is 1. The molecule has 1 aromatic carbocycles. The largest absolute Gasteiger partial charge is 0.467 e. The first-order valence-electron chi connectivity index (χ1n) is 7.97. The van der Waals surface area contributed by atoms with E-state index in [1.807, 2.05) is 12.1 Å². The molecule has 0 spiro atoms. The molecule has 0 radical (unpaired) electrons. The zero-order valence-corrected chi connectivity index (χ0v) is 16.8. The van der Waals surface area contributed by atoms with Crippen molar-refractivity contribution in [3.05, 3.63) is 64.1 Å². The minimum absolute atomic E-state index is 0. The molecule has 26 heavy (non-hydrogen) atoms. The highest BCUT2D eigenvalue weighted by atomic mass is 127. The van der Waals surface area contributed by atoms with Crippen LogP contribution in [0.25, 0.3) is 0 Å². The Morgan fingerprint density at radius 2 is 2.04 bits per heavy atom. The lowest BCUT2D eigenvalue weighted by atomic mass is 10.2. The molecule has 2 N–H and O–H groups in total. The number of guanidine groups is 1. The summed E-state index contributed by atoms with van der Waals surface area (Å²) >= 11 is 0. The second-order valence-electron chi connectivity index (χ2n) is 5.26. The summed E-state index contributed by atoms with van der Waals surface area (Å²) in [7, 11) is 1.69. The first kappa shape index (κ1) is 21.9. The van der Waals surface area contributed by atoms with Crippen molar-refractivity contribution in [2.24, 2.45) is 4.99 Å². The number of aliphatic imine (C=N–C) groups is 1. The minimum Gasteiger partial charge on any atom is -0.467 e. The average Bonchev–Trinajstić information content (AvgIpc) is 3.14. The highest BCUT2D eigenvalue weighted by Crippen LogP contribution is 2.11. The second kappa shape index (κ2) is 12.3. The molecule has 0 unspecified atom stereocenters. The summed E-state index contributed by atoms with van der Waals surface area (Å²) in [4.78, 5) is 14.4. The van der Waals surface area contributed by atoms with E-state index in [4.69, 9.17) is 9.15 Å². The van der Waals surface area contributed by atoms with Gasteiger partial charge in [-0.3, -0.25) is 15.1 Å². The molecule has 0 aliphatic carbocycles. The van der Waals surface area contributed by atoms with Crippen LogP contribution in [0.5, 0.6) is 0 Å². The van der Waals surface area contributed by atoms with Gasteiger partial charge >= 0.3 is 0 Å². The van der Waals surface area contributed by atoms with Crippen LogP contribution in [0.3, 0.4) is 0 Å². The summed E-state index contributed by atoms with van der Waals surface area (Å²) in [5.74, 6) is 1.48. The Hall–Kier alpha value is -2.14. The van der Waals surface area contributed by atoms with Gasteiger partial charge in [0.25, 0.3) is 5.69 Å². The van der Waals surface area contributed by atoms with E-state index in [-0.39, 0.29) is 29.7 Å². The van der Waals surface area contributed by atoms with Gasteiger partial charge in [-0.05, 0) is 24.1 Å². The van der Waals surface area contributed by atoms with E-state index in [1.54, 1.807) is 25.4 Å². The maximum Gasteiger partial charge on any atom is 0.269 e. The van der Waals surface area contributed by atoms with Gasteiger partial charge in [0.1, 0.15) is 12.4 Å². The molecule has 2 rings (SSSR count). The molecule has 2 aromatic rings. The number of ether oxygens (including phenoxy) is 1. The van der Waals surface area contributed by atoms with Gasteiger partial charge in [-0.1, -0.05) is 12.1 Å². The van der Waals surface area contributed by atoms with E-state index in [0.29, 0.717) is 25.7 Å². The number of benzene rings is 1. The van der Waals surface area contributed by atoms with E-state index >= 15 is 0 Å². The summed E-state index contributed by atoms with van der Waals surface area (Å²) in [5.41, 5.74) is 1.02.